The Morgan fingerprint density at radius 1 is 0.938 bits per heavy atom. The van der Waals surface area contributed by atoms with Gasteiger partial charge in [0.05, 0.1) is 7.11 Å². The third-order valence-corrected chi connectivity index (χ3v) is 3.61. The van der Waals surface area contributed by atoms with E-state index in [0.717, 1.165) is 11.5 Å². The summed E-state index contributed by atoms with van der Waals surface area (Å²) in [6.07, 6.45) is 7.54. The Labute approximate surface area is 95.9 Å². The van der Waals surface area contributed by atoms with Crippen LogP contribution < -0.4 is 9.47 Å². The molecule has 1 fully saturated rings. The quantitative estimate of drug-likeness (QED) is 0.723. The maximum atomic E-state index is 6.04. The smallest absolute Gasteiger partial charge is 0.120 e. The van der Waals surface area contributed by atoms with Gasteiger partial charge >= 0.3 is 0 Å². The highest BCUT2D eigenvalue weighted by Crippen LogP contribution is 2.41. The average Bonchev–Trinajstić information content (AvgIpc) is 2.90. The molecule has 0 heterocycles. The molecule has 16 heavy (non-hydrogen) atoms. The first kappa shape index (κ1) is 9.76. The lowest BCUT2D eigenvalue weighted by Gasteiger charge is -2.18. The minimum absolute atomic E-state index is 0.369. The van der Waals surface area contributed by atoms with Crippen LogP contribution in [0.4, 0.5) is 0 Å². The molecule has 0 aliphatic heterocycles. The number of fused-ring (bicyclic) bond motifs is 2. The number of benzene rings is 1. The largest absolute Gasteiger partial charge is 0.497 e. The average molecular weight is 216 g/mol. The molecule has 0 spiro atoms. The Kier molecular flexibility index (Phi) is 2.35. The SMILES string of the molecule is COc1ccc(OC2[C@@H]3C=C[C@H]2CC3)cc1. The van der Waals surface area contributed by atoms with E-state index in [1.807, 2.05) is 24.3 Å². The fourth-order valence-corrected chi connectivity index (χ4v) is 2.71. The van der Waals surface area contributed by atoms with E-state index in [4.69, 9.17) is 9.47 Å². The second kappa shape index (κ2) is 3.85. The standard InChI is InChI=1S/C14H16O2/c1-15-12-6-8-13(9-7-12)16-14-10-2-3-11(14)5-4-10/h2-3,6-11,14H,4-5H2,1H3/t10-,11+,14?. The number of hydrogen-bond acceptors (Lipinski definition) is 2. The zero-order valence-corrected chi connectivity index (χ0v) is 9.43. The van der Waals surface area contributed by atoms with E-state index in [-0.39, 0.29) is 0 Å². The minimum Gasteiger partial charge on any atom is -0.497 e. The summed E-state index contributed by atoms with van der Waals surface area (Å²) in [5, 5.41) is 0. The van der Waals surface area contributed by atoms with Crippen LogP contribution in [0, 0.1) is 11.8 Å². The third-order valence-electron chi connectivity index (χ3n) is 3.61. The monoisotopic (exact) mass is 216 g/mol. The van der Waals surface area contributed by atoms with Gasteiger partial charge in [-0.2, -0.15) is 0 Å². The normalized spacial score (nSPS) is 30.7. The first-order valence-electron chi connectivity index (χ1n) is 5.86. The van der Waals surface area contributed by atoms with Crippen LogP contribution in [0.15, 0.2) is 36.4 Å². The van der Waals surface area contributed by atoms with Crippen LogP contribution in [0.5, 0.6) is 11.5 Å². The molecule has 1 saturated carbocycles. The molecule has 3 rings (SSSR count). The van der Waals surface area contributed by atoms with Crippen molar-refractivity contribution >= 4 is 0 Å². The number of methoxy groups -OCH3 is 1. The van der Waals surface area contributed by atoms with Crippen molar-refractivity contribution in [3.05, 3.63) is 36.4 Å². The van der Waals surface area contributed by atoms with Gasteiger partial charge in [0.2, 0.25) is 0 Å². The maximum Gasteiger partial charge on any atom is 0.120 e. The molecular formula is C14H16O2. The van der Waals surface area contributed by atoms with Crippen LogP contribution in [-0.2, 0) is 0 Å². The molecule has 2 aliphatic carbocycles. The maximum absolute atomic E-state index is 6.04. The van der Waals surface area contributed by atoms with Crippen molar-refractivity contribution in [2.45, 2.75) is 18.9 Å². The van der Waals surface area contributed by atoms with Crippen LogP contribution in [-0.4, -0.2) is 13.2 Å². The summed E-state index contributed by atoms with van der Waals surface area (Å²) in [4.78, 5) is 0. The predicted octanol–water partition coefficient (Wildman–Crippen LogP) is 3.04. The summed E-state index contributed by atoms with van der Waals surface area (Å²) >= 11 is 0. The fourth-order valence-electron chi connectivity index (χ4n) is 2.71. The summed E-state index contributed by atoms with van der Waals surface area (Å²) in [5.41, 5.74) is 0. The Morgan fingerprint density at radius 3 is 2.00 bits per heavy atom. The molecule has 1 aromatic rings. The summed E-state index contributed by atoms with van der Waals surface area (Å²) < 4.78 is 11.2. The molecular weight excluding hydrogens is 200 g/mol. The zero-order chi connectivity index (χ0) is 11.0. The molecule has 0 aromatic heterocycles. The van der Waals surface area contributed by atoms with E-state index in [2.05, 4.69) is 12.2 Å². The molecule has 2 nitrogen and oxygen atoms in total. The van der Waals surface area contributed by atoms with Gasteiger partial charge in [-0.15, -0.1) is 0 Å². The van der Waals surface area contributed by atoms with Crippen molar-refractivity contribution in [1.29, 1.82) is 0 Å². The first-order chi connectivity index (χ1) is 7.86. The molecule has 84 valence electrons. The highest BCUT2D eigenvalue weighted by Gasteiger charge is 2.39. The van der Waals surface area contributed by atoms with E-state index in [9.17, 15) is 0 Å². The van der Waals surface area contributed by atoms with Crippen LogP contribution in [0.2, 0.25) is 0 Å². The van der Waals surface area contributed by atoms with Gasteiger partial charge in [-0.1, -0.05) is 12.2 Å². The molecule has 2 heteroatoms. The molecule has 0 amide bonds. The highest BCUT2D eigenvalue weighted by atomic mass is 16.5. The van der Waals surface area contributed by atoms with Gasteiger partial charge in [-0.25, -0.2) is 0 Å². The number of ether oxygens (including phenoxy) is 2. The van der Waals surface area contributed by atoms with Crippen LogP contribution in [0.25, 0.3) is 0 Å². The lowest BCUT2D eigenvalue weighted by Crippen LogP contribution is -2.22. The number of hydrogen-bond donors (Lipinski definition) is 0. The molecule has 2 aliphatic rings. The Bertz CT molecular complexity index is 380. The molecule has 3 atom stereocenters. The highest BCUT2D eigenvalue weighted by molar-refractivity contribution is 5.32. The van der Waals surface area contributed by atoms with Gasteiger partial charge in [-0.3, -0.25) is 0 Å². The second-order valence-electron chi connectivity index (χ2n) is 4.55. The van der Waals surface area contributed by atoms with E-state index in [1.165, 1.54) is 12.8 Å². The molecule has 1 unspecified atom stereocenters. The van der Waals surface area contributed by atoms with Crippen molar-refractivity contribution in [3.63, 3.8) is 0 Å². The van der Waals surface area contributed by atoms with E-state index in [0.29, 0.717) is 17.9 Å². The van der Waals surface area contributed by atoms with Crippen molar-refractivity contribution in [3.8, 4) is 11.5 Å². The molecule has 2 bridgehead atoms. The van der Waals surface area contributed by atoms with Gasteiger partial charge in [0, 0.05) is 11.8 Å². The van der Waals surface area contributed by atoms with Gasteiger partial charge in [0.1, 0.15) is 17.6 Å². The van der Waals surface area contributed by atoms with E-state index in [1.54, 1.807) is 7.11 Å². The van der Waals surface area contributed by atoms with Gasteiger partial charge < -0.3 is 9.47 Å². The van der Waals surface area contributed by atoms with Gasteiger partial charge in [0.25, 0.3) is 0 Å². The fraction of sp³-hybridized carbons (Fsp3) is 0.429. The van der Waals surface area contributed by atoms with Crippen LogP contribution in [0.3, 0.4) is 0 Å². The molecule has 0 radical (unpaired) electrons. The summed E-state index contributed by atoms with van der Waals surface area (Å²) in [7, 11) is 1.68. The summed E-state index contributed by atoms with van der Waals surface area (Å²) in [6, 6.07) is 7.85. The first-order valence-corrected chi connectivity index (χ1v) is 5.86. The van der Waals surface area contributed by atoms with E-state index < -0.39 is 0 Å². The summed E-state index contributed by atoms with van der Waals surface area (Å²) in [5.74, 6) is 3.09. The van der Waals surface area contributed by atoms with Crippen molar-refractivity contribution in [2.24, 2.45) is 11.8 Å². The van der Waals surface area contributed by atoms with Crippen LogP contribution in [0.1, 0.15) is 12.8 Å². The minimum atomic E-state index is 0.369. The molecule has 0 N–H and O–H groups in total. The van der Waals surface area contributed by atoms with Crippen molar-refractivity contribution < 1.29 is 9.47 Å². The van der Waals surface area contributed by atoms with Gasteiger partial charge in [-0.05, 0) is 37.1 Å². The predicted molar refractivity (Wildman–Crippen MR) is 62.8 cm³/mol. The summed E-state index contributed by atoms with van der Waals surface area (Å²) in [6.45, 7) is 0. The Hall–Kier alpha value is -1.44. The van der Waals surface area contributed by atoms with Crippen molar-refractivity contribution in [2.75, 3.05) is 7.11 Å². The lowest BCUT2D eigenvalue weighted by molar-refractivity contribution is 0.164. The number of rotatable bonds is 3. The lowest BCUT2D eigenvalue weighted by atomic mass is 10.1. The second-order valence-corrected chi connectivity index (χ2v) is 4.55. The zero-order valence-electron chi connectivity index (χ0n) is 9.43. The molecule has 1 aromatic carbocycles. The third kappa shape index (κ3) is 1.58. The topological polar surface area (TPSA) is 18.5 Å². The van der Waals surface area contributed by atoms with Crippen LogP contribution >= 0.6 is 0 Å². The Balaban J connectivity index is 1.70. The van der Waals surface area contributed by atoms with Crippen molar-refractivity contribution in [1.82, 2.24) is 0 Å². The molecule has 0 saturated heterocycles. The Morgan fingerprint density at radius 2 is 1.50 bits per heavy atom. The van der Waals surface area contributed by atoms with Gasteiger partial charge in [0.15, 0.2) is 0 Å². The van der Waals surface area contributed by atoms with E-state index >= 15 is 0 Å².